The monoisotopic (exact) mass is 482 g/mol. The molecule has 2 unspecified atom stereocenters. The Balaban J connectivity index is 2.06. The van der Waals surface area contributed by atoms with Crippen LogP contribution in [0.4, 0.5) is 0 Å². The number of aromatic nitrogens is 1. The molecule has 1 aromatic heterocycles. The Kier molecular flexibility index (Phi) is 6.84. The van der Waals surface area contributed by atoms with Gasteiger partial charge in [0.2, 0.25) is 0 Å². The van der Waals surface area contributed by atoms with Gasteiger partial charge in [-0.05, 0) is 61.8 Å². The van der Waals surface area contributed by atoms with E-state index in [0.29, 0.717) is 23.5 Å². The van der Waals surface area contributed by atoms with Crippen molar-refractivity contribution in [2.24, 2.45) is 0 Å². The minimum atomic E-state index is -1.97. The van der Waals surface area contributed by atoms with E-state index < -0.39 is 32.0 Å². The zero-order chi connectivity index (χ0) is 25.5. The largest absolute Gasteiger partial charge is 0.484 e. The third-order valence-corrected chi connectivity index (χ3v) is 11.3. The van der Waals surface area contributed by atoms with Crippen molar-refractivity contribution in [3.8, 4) is 11.8 Å². The molecule has 2 atom stereocenters. The Labute approximate surface area is 202 Å². The normalized spacial score (nSPS) is 19.5. The number of rotatable bonds is 5. The summed E-state index contributed by atoms with van der Waals surface area (Å²) in [4.78, 5) is 25.3. The molecule has 7 nitrogen and oxygen atoms in total. The van der Waals surface area contributed by atoms with Crippen LogP contribution in [0.15, 0.2) is 41.3 Å². The van der Waals surface area contributed by atoms with Gasteiger partial charge in [-0.3, -0.25) is 9.59 Å². The van der Waals surface area contributed by atoms with E-state index in [0.717, 1.165) is 5.56 Å². The quantitative estimate of drug-likeness (QED) is 0.443. The molecule has 3 rings (SSSR count). The summed E-state index contributed by atoms with van der Waals surface area (Å²) in [6.07, 6.45) is 0.927. The van der Waals surface area contributed by atoms with Crippen molar-refractivity contribution < 1.29 is 18.7 Å². The number of fused-ring (bicyclic) bond motifs is 1. The van der Waals surface area contributed by atoms with Gasteiger partial charge in [-0.25, -0.2) is 0 Å². The van der Waals surface area contributed by atoms with Crippen LogP contribution >= 0.6 is 0 Å². The second-order valence-electron chi connectivity index (χ2n) is 10.9. The minimum Gasteiger partial charge on any atom is -0.484 e. The van der Waals surface area contributed by atoms with Crippen LogP contribution in [0.2, 0.25) is 18.1 Å². The summed E-state index contributed by atoms with van der Waals surface area (Å²) in [5.41, 5.74) is 0.691. The lowest BCUT2D eigenvalue weighted by atomic mass is 9.85. The molecule has 0 radical (unpaired) electrons. The first-order chi connectivity index (χ1) is 15.7. The van der Waals surface area contributed by atoms with Crippen molar-refractivity contribution in [1.82, 2.24) is 4.57 Å². The van der Waals surface area contributed by atoms with Gasteiger partial charge < -0.3 is 18.5 Å². The maximum Gasteiger partial charge on any atom is 0.303 e. The third kappa shape index (κ3) is 5.11. The minimum absolute atomic E-state index is 0.0646. The predicted octanol–water partition coefficient (Wildman–Crippen LogP) is 4.93. The number of hydrogen-bond donors (Lipinski definition) is 0. The highest BCUT2D eigenvalue weighted by Gasteiger charge is 2.47. The standard InChI is InChI=1S/C26H34N2O5Si/c1-17(29)32-24-23(20-13-18(15-27)9-10-21(20)33-26(24,5)6)28-12-11-19(14-22(28)30)16-31-34(7,8)25(2,3)4/h9-14,23-24H,16H2,1-8H3. The highest BCUT2D eigenvalue weighted by atomic mass is 28.4. The van der Waals surface area contributed by atoms with Gasteiger partial charge >= 0.3 is 5.97 Å². The van der Waals surface area contributed by atoms with E-state index in [2.05, 4.69) is 39.9 Å². The summed E-state index contributed by atoms with van der Waals surface area (Å²) in [7, 11) is -1.97. The zero-order valence-corrected chi connectivity index (χ0v) is 22.3. The Hall–Kier alpha value is -2.89. The van der Waals surface area contributed by atoms with Crippen LogP contribution in [0.25, 0.3) is 0 Å². The molecule has 34 heavy (non-hydrogen) atoms. The molecule has 1 aromatic carbocycles. The summed E-state index contributed by atoms with van der Waals surface area (Å²) >= 11 is 0. The molecule has 0 amide bonds. The molecule has 0 saturated heterocycles. The molecule has 8 heteroatoms. The van der Waals surface area contributed by atoms with Gasteiger partial charge in [-0.2, -0.15) is 5.26 Å². The number of benzene rings is 1. The fourth-order valence-corrected chi connectivity index (χ4v) is 4.80. The summed E-state index contributed by atoms with van der Waals surface area (Å²) in [6.45, 7) is 16.2. The Morgan fingerprint density at radius 2 is 1.91 bits per heavy atom. The Bertz CT molecular complexity index is 1190. The molecular weight excluding hydrogens is 448 g/mol. The van der Waals surface area contributed by atoms with Crippen LogP contribution in [0.1, 0.15) is 64.3 Å². The first-order valence-corrected chi connectivity index (χ1v) is 14.3. The average Bonchev–Trinajstić information content (AvgIpc) is 2.72. The topological polar surface area (TPSA) is 90.5 Å². The predicted molar refractivity (Wildman–Crippen MR) is 132 cm³/mol. The number of carbonyl (C=O) groups is 1. The Morgan fingerprint density at radius 1 is 1.24 bits per heavy atom. The van der Waals surface area contributed by atoms with Crippen molar-refractivity contribution in [1.29, 1.82) is 5.26 Å². The lowest BCUT2D eigenvalue weighted by molar-refractivity contribution is -0.163. The van der Waals surface area contributed by atoms with E-state index in [1.807, 2.05) is 19.9 Å². The van der Waals surface area contributed by atoms with Crippen molar-refractivity contribution in [2.45, 2.75) is 84.0 Å². The van der Waals surface area contributed by atoms with Crippen LogP contribution in [0, 0.1) is 11.3 Å². The molecule has 1 aliphatic heterocycles. The van der Waals surface area contributed by atoms with Crippen LogP contribution in [0.5, 0.6) is 5.75 Å². The van der Waals surface area contributed by atoms with Gasteiger partial charge in [0.1, 0.15) is 17.4 Å². The average molecular weight is 483 g/mol. The van der Waals surface area contributed by atoms with Gasteiger partial charge in [-0.1, -0.05) is 20.8 Å². The molecule has 2 heterocycles. The molecule has 2 aromatic rings. The van der Waals surface area contributed by atoms with E-state index in [-0.39, 0.29) is 10.6 Å². The van der Waals surface area contributed by atoms with Crippen molar-refractivity contribution in [3.63, 3.8) is 0 Å². The summed E-state index contributed by atoms with van der Waals surface area (Å²) in [6, 6.07) is 9.97. The number of nitriles is 1. The smallest absolute Gasteiger partial charge is 0.303 e. The van der Waals surface area contributed by atoms with E-state index in [4.69, 9.17) is 13.9 Å². The molecular formula is C26H34N2O5Si. The zero-order valence-electron chi connectivity index (χ0n) is 21.3. The summed E-state index contributed by atoms with van der Waals surface area (Å²) in [5.74, 6) is 0.0774. The SMILES string of the molecule is CC(=O)OC1C(n2ccc(CO[Si](C)(C)C(C)(C)C)cc2=O)c2cc(C#N)ccc2OC1(C)C. The van der Waals surface area contributed by atoms with E-state index in [9.17, 15) is 14.9 Å². The molecule has 0 N–H and O–H groups in total. The second-order valence-corrected chi connectivity index (χ2v) is 15.7. The molecule has 0 bridgehead atoms. The first-order valence-electron chi connectivity index (χ1n) is 11.4. The lowest BCUT2D eigenvalue weighted by Gasteiger charge is -2.44. The van der Waals surface area contributed by atoms with E-state index in [1.54, 1.807) is 35.0 Å². The van der Waals surface area contributed by atoms with Gasteiger partial charge in [-0.15, -0.1) is 0 Å². The maximum absolute atomic E-state index is 13.3. The number of hydrogen-bond acceptors (Lipinski definition) is 6. The fraction of sp³-hybridized carbons (Fsp3) is 0.500. The Morgan fingerprint density at radius 3 is 2.47 bits per heavy atom. The second kappa shape index (κ2) is 9.04. The highest BCUT2D eigenvalue weighted by Crippen LogP contribution is 2.43. The van der Waals surface area contributed by atoms with Gasteiger partial charge in [0.05, 0.1) is 18.2 Å². The molecule has 0 aliphatic carbocycles. The molecule has 0 saturated carbocycles. The van der Waals surface area contributed by atoms with Crippen molar-refractivity contribution >= 4 is 14.3 Å². The number of esters is 1. The summed E-state index contributed by atoms with van der Waals surface area (Å²) < 4.78 is 19.7. The van der Waals surface area contributed by atoms with Gasteiger partial charge in [0.25, 0.3) is 5.56 Å². The molecule has 182 valence electrons. The maximum atomic E-state index is 13.3. The summed E-state index contributed by atoms with van der Waals surface area (Å²) in [5, 5.41) is 9.49. The van der Waals surface area contributed by atoms with Crippen LogP contribution < -0.4 is 10.3 Å². The van der Waals surface area contributed by atoms with E-state index in [1.165, 1.54) is 6.92 Å². The number of nitrogens with zero attached hydrogens (tertiary/aromatic N) is 2. The van der Waals surface area contributed by atoms with Crippen LogP contribution in [-0.2, 0) is 20.6 Å². The van der Waals surface area contributed by atoms with Crippen molar-refractivity contribution in [3.05, 3.63) is 63.6 Å². The van der Waals surface area contributed by atoms with Gasteiger partial charge in [0, 0.05) is 24.8 Å². The van der Waals surface area contributed by atoms with Crippen LogP contribution in [0.3, 0.4) is 0 Å². The fourth-order valence-electron chi connectivity index (χ4n) is 3.84. The molecule has 0 spiro atoms. The number of ether oxygens (including phenoxy) is 2. The molecule has 1 aliphatic rings. The third-order valence-electron chi connectivity index (χ3n) is 6.81. The number of pyridine rings is 1. The van der Waals surface area contributed by atoms with Gasteiger partial charge in [0.15, 0.2) is 14.4 Å². The van der Waals surface area contributed by atoms with Crippen LogP contribution in [-0.4, -0.2) is 30.6 Å². The molecule has 0 fully saturated rings. The first kappa shape index (κ1) is 25.7. The number of carbonyl (C=O) groups excluding carboxylic acids is 1. The van der Waals surface area contributed by atoms with Crippen molar-refractivity contribution in [2.75, 3.05) is 0 Å². The van der Waals surface area contributed by atoms with E-state index >= 15 is 0 Å². The highest BCUT2D eigenvalue weighted by molar-refractivity contribution is 6.74. The lowest BCUT2D eigenvalue weighted by Crippen LogP contribution is -2.54.